The van der Waals surface area contributed by atoms with Gasteiger partial charge in [-0.3, -0.25) is 14.1 Å². The second-order valence-electron chi connectivity index (χ2n) is 16.4. The summed E-state index contributed by atoms with van der Waals surface area (Å²) in [6.45, 7) is 3.71. The Morgan fingerprint density at radius 1 is 0.567 bits per heavy atom. The summed E-state index contributed by atoms with van der Waals surface area (Å²) in [4.78, 5) is 25.4. The van der Waals surface area contributed by atoms with Crippen LogP contribution in [0.1, 0.15) is 194 Å². The number of hydrogen-bond donors (Lipinski definition) is 4. The first kappa shape index (κ1) is 55.9. The molecule has 0 amide bonds. The number of aliphatic hydroxyl groups excluding tert-OH is 3. The largest absolute Gasteiger partial charge is 0.462 e. The maximum Gasteiger partial charge on any atom is 0.306 e. The van der Waals surface area contributed by atoms with Gasteiger partial charge in [0.2, 0.25) is 0 Å². The van der Waals surface area contributed by atoms with Gasteiger partial charge in [0.05, 0.1) is 6.61 Å². The fraction of sp³-hybridized carbons (Fsp3) is 0.830. The smallest absolute Gasteiger partial charge is 0.306 e. The summed E-state index contributed by atoms with van der Waals surface area (Å²) >= 11 is 0. The van der Waals surface area contributed by atoms with Crippen molar-refractivity contribution < 1.29 is 56.8 Å². The number of allylic oxidation sites excluding steroid dienone is 6. The van der Waals surface area contributed by atoms with E-state index in [0.717, 1.165) is 51.4 Å². The standard InChI is InChI=1S/C47H84O12S/c1-3-5-7-9-11-13-15-17-19-20-22-24-26-28-30-32-34-36-43(49)58-40(38-57-47-46(52)45(51)44(50)41(59-47)39-60(53,54)55)37-56-42(48)35-33-31-29-27-25-23-21-18-16-14-12-10-8-6-4-2/h12,14,18,21,25,27,40-41,44-47,50-52H,3-11,13,15-17,19-20,22-24,26,28-39H2,1-2H3,(H,53,54,55)/b14-12+,21-18+,27-25+/t40-,41-,44-,45?,46?,47+/m1/s1. The van der Waals surface area contributed by atoms with Crippen LogP contribution in [0.3, 0.4) is 0 Å². The van der Waals surface area contributed by atoms with Crippen molar-refractivity contribution in [3.05, 3.63) is 36.5 Å². The van der Waals surface area contributed by atoms with E-state index in [2.05, 4.69) is 50.3 Å². The van der Waals surface area contributed by atoms with E-state index in [0.29, 0.717) is 12.8 Å². The first-order chi connectivity index (χ1) is 29.0. The zero-order chi connectivity index (χ0) is 44.1. The fourth-order valence-corrected chi connectivity index (χ4v) is 7.73. The molecule has 0 radical (unpaired) electrons. The number of carbonyl (C=O) groups is 2. The number of esters is 2. The Bertz CT molecular complexity index is 1250. The van der Waals surface area contributed by atoms with Gasteiger partial charge >= 0.3 is 11.9 Å². The lowest BCUT2D eigenvalue weighted by molar-refractivity contribution is -0.297. The summed E-state index contributed by atoms with van der Waals surface area (Å²) in [5.41, 5.74) is 0. The van der Waals surface area contributed by atoms with Crippen molar-refractivity contribution in [1.82, 2.24) is 0 Å². The minimum atomic E-state index is -4.61. The third-order valence-electron chi connectivity index (χ3n) is 10.7. The Hall–Kier alpha value is -2.13. The van der Waals surface area contributed by atoms with Crippen LogP contribution in [0, 0.1) is 0 Å². The molecule has 0 spiro atoms. The highest BCUT2D eigenvalue weighted by Gasteiger charge is 2.46. The predicted octanol–water partition coefficient (Wildman–Crippen LogP) is 9.78. The molecule has 4 N–H and O–H groups in total. The molecular weight excluding hydrogens is 789 g/mol. The summed E-state index contributed by atoms with van der Waals surface area (Å²) < 4.78 is 54.1. The Balaban J connectivity index is 2.45. The van der Waals surface area contributed by atoms with E-state index in [1.165, 1.54) is 103 Å². The van der Waals surface area contributed by atoms with Crippen molar-refractivity contribution >= 4 is 22.1 Å². The summed E-state index contributed by atoms with van der Waals surface area (Å²) in [6.07, 6.45) is 33.3. The molecule has 0 saturated carbocycles. The average molecular weight is 873 g/mol. The molecule has 1 aliphatic heterocycles. The quantitative estimate of drug-likeness (QED) is 0.0199. The van der Waals surface area contributed by atoms with Gasteiger partial charge in [-0.1, -0.05) is 166 Å². The maximum absolute atomic E-state index is 12.8. The van der Waals surface area contributed by atoms with Crippen molar-refractivity contribution in [2.45, 2.75) is 230 Å². The van der Waals surface area contributed by atoms with E-state index in [4.69, 9.17) is 18.9 Å². The molecule has 12 nitrogen and oxygen atoms in total. The highest BCUT2D eigenvalue weighted by Crippen LogP contribution is 2.24. The highest BCUT2D eigenvalue weighted by atomic mass is 32.2. The van der Waals surface area contributed by atoms with Crippen LogP contribution in [0.25, 0.3) is 0 Å². The van der Waals surface area contributed by atoms with Crippen LogP contribution in [-0.2, 0) is 38.7 Å². The Morgan fingerprint density at radius 3 is 1.52 bits per heavy atom. The zero-order valence-corrected chi connectivity index (χ0v) is 38.1. The first-order valence-electron chi connectivity index (χ1n) is 23.5. The number of carbonyl (C=O) groups excluding carboxylic acids is 2. The second-order valence-corrected chi connectivity index (χ2v) is 17.9. The molecule has 1 heterocycles. The highest BCUT2D eigenvalue weighted by molar-refractivity contribution is 7.85. The van der Waals surface area contributed by atoms with Crippen molar-refractivity contribution in [3.63, 3.8) is 0 Å². The van der Waals surface area contributed by atoms with E-state index < -0.39 is 71.2 Å². The van der Waals surface area contributed by atoms with Crippen LogP contribution < -0.4 is 0 Å². The minimum Gasteiger partial charge on any atom is -0.462 e. The van der Waals surface area contributed by atoms with Gasteiger partial charge in [0.1, 0.15) is 36.8 Å². The molecule has 13 heteroatoms. The normalized spacial score (nSPS) is 20.4. The van der Waals surface area contributed by atoms with E-state index in [1.807, 2.05) is 0 Å². The molecule has 1 saturated heterocycles. The molecular formula is C47H84O12S. The average Bonchev–Trinajstić information content (AvgIpc) is 3.21. The molecule has 0 aromatic carbocycles. The van der Waals surface area contributed by atoms with Crippen molar-refractivity contribution in [2.75, 3.05) is 19.0 Å². The Labute approximate surface area is 363 Å². The number of rotatable bonds is 39. The lowest BCUT2D eigenvalue weighted by atomic mass is 10.00. The predicted molar refractivity (Wildman–Crippen MR) is 238 cm³/mol. The molecule has 0 bridgehead atoms. The number of hydrogen-bond acceptors (Lipinski definition) is 11. The van der Waals surface area contributed by atoms with Gasteiger partial charge < -0.3 is 34.3 Å². The summed E-state index contributed by atoms with van der Waals surface area (Å²) in [5, 5.41) is 30.9. The monoisotopic (exact) mass is 873 g/mol. The Kier molecular flexibility index (Phi) is 34.9. The molecule has 1 fully saturated rings. The number of aliphatic hydroxyl groups is 3. The van der Waals surface area contributed by atoms with Crippen molar-refractivity contribution in [1.29, 1.82) is 0 Å². The van der Waals surface area contributed by atoms with Crippen molar-refractivity contribution in [2.24, 2.45) is 0 Å². The number of ether oxygens (including phenoxy) is 4. The molecule has 60 heavy (non-hydrogen) atoms. The van der Waals surface area contributed by atoms with Gasteiger partial charge in [-0.05, 0) is 51.4 Å². The van der Waals surface area contributed by atoms with Gasteiger partial charge in [0, 0.05) is 12.8 Å². The van der Waals surface area contributed by atoms with E-state index in [9.17, 15) is 37.9 Å². The van der Waals surface area contributed by atoms with Crippen molar-refractivity contribution in [3.8, 4) is 0 Å². The van der Waals surface area contributed by atoms with Gasteiger partial charge in [-0.15, -0.1) is 0 Å². The third-order valence-corrected chi connectivity index (χ3v) is 11.5. The van der Waals surface area contributed by atoms with Crippen LogP contribution in [0.15, 0.2) is 36.5 Å². The van der Waals surface area contributed by atoms with Crippen LogP contribution in [0.5, 0.6) is 0 Å². The first-order valence-corrected chi connectivity index (χ1v) is 25.2. The van der Waals surface area contributed by atoms with Crippen LogP contribution in [-0.4, -0.2) is 96.0 Å². The van der Waals surface area contributed by atoms with Gasteiger partial charge in [-0.25, -0.2) is 0 Å². The number of unbranched alkanes of at least 4 members (excludes halogenated alkanes) is 21. The van der Waals surface area contributed by atoms with E-state index >= 15 is 0 Å². The van der Waals surface area contributed by atoms with Gasteiger partial charge in [-0.2, -0.15) is 8.42 Å². The maximum atomic E-state index is 12.8. The fourth-order valence-electron chi connectivity index (χ4n) is 7.04. The van der Waals surface area contributed by atoms with Crippen LogP contribution in [0.2, 0.25) is 0 Å². The minimum absolute atomic E-state index is 0.159. The molecule has 0 aromatic rings. The van der Waals surface area contributed by atoms with Crippen LogP contribution >= 0.6 is 0 Å². The molecule has 6 atom stereocenters. The molecule has 2 unspecified atom stereocenters. The zero-order valence-electron chi connectivity index (χ0n) is 37.3. The van der Waals surface area contributed by atoms with Crippen LogP contribution in [0.4, 0.5) is 0 Å². The third kappa shape index (κ3) is 31.7. The Morgan fingerprint density at radius 2 is 1.00 bits per heavy atom. The lowest BCUT2D eigenvalue weighted by Gasteiger charge is -2.40. The summed E-state index contributed by atoms with van der Waals surface area (Å²) in [7, 11) is -4.61. The van der Waals surface area contributed by atoms with E-state index in [1.54, 1.807) is 0 Å². The molecule has 1 rings (SSSR count). The second kappa shape index (κ2) is 37.4. The van der Waals surface area contributed by atoms with Gasteiger partial charge in [0.15, 0.2) is 12.4 Å². The lowest BCUT2D eigenvalue weighted by Crippen LogP contribution is -2.60. The molecule has 0 aliphatic carbocycles. The van der Waals surface area contributed by atoms with Gasteiger partial charge in [0.25, 0.3) is 10.1 Å². The SMILES string of the molecule is CCCCC/C=C/C/C=C/C/C=C/CCCCC(=O)OC[C@H](CO[C@H]1O[C@H](CS(=O)(=O)O)[C@@H](O)C(O)C1O)OC(=O)CCCCCCCCCCCCCCCCCCC. The summed E-state index contributed by atoms with van der Waals surface area (Å²) in [5.74, 6) is -2.03. The van der Waals surface area contributed by atoms with E-state index in [-0.39, 0.29) is 19.4 Å². The summed E-state index contributed by atoms with van der Waals surface area (Å²) in [6, 6.07) is 0. The molecule has 1 aliphatic rings. The molecule has 350 valence electrons. The molecule has 0 aromatic heterocycles. The topological polar surface area (TPSA) is 186 Å².